The highest BCUT2D eigenvalue weighted by Crippen LogP contribution is 2.41. The summed E-state index contributed by atoms with van der Waals surface area (Å²) in [5.74, 6) is 1.40. The van der Waals surface area contributed by atoms with Gasteiger partial charge >= 0.3 is 0 Å². The quantitative estimate of drug-likeness (QED) is 0.830. The van der Waals surface area contributed by atoms with Crippen LogP contribution in [-0.4, -0.2) is 14.8 Å². The maximum atomic E-state index is 6.25. The Kier molecular flexibility index (Phi) is 2.60. The molecule has 0 saturated heterocycles. The van der Waals surface area contributed by atoms with Gasteiger partial charge in [0.15, 0.2) is 0 Å². The monoisotopic (exact) mass is 267 g/mol. The van der Waals surface area contributed by atoms with E-state index in [0.717, 1.165) is 29.9 Å². The van der Waals surface area contributed by atoms with E-state index in [9.17, 15) is 0 Å². The highest BCUT2D eigenvalue weighted by Gasteiger charge is 2.31. The van der Waals surface area contributed by atoms with E-state index in [-0.39, 0.29) is 0 Å². The predicted molar refractivity (Wildman–Crippen MR) is 68.1 cm³/mol. The van der Waals surface area contributed by atoms with E-state index in [1.807, 2.05) is 29.7 Å². The lowest BCUT2D eigenvalue weighted by Crippen LogP contribution is -2.03. The zero-order chi connectivity index (χ0) is 12.0. The molecular weight excluding hydrogens is 257 g/mol. The van der Waals surface area contributed by atoms with Gasteiger partial charge < -0.3 is 0 Å². The van der Waals surface area contributed by atoms with E-state index < -0.39 is 0 Å². The van der Waals surface area contributed by atoms with E-state index in [1.54, 1.807) is 0 Å². The van der Waals surface area contributed by atoms with Gasteiger partial charge in [0, 0.05) is 5.92 Å². The second kappa shape index (κ2) is 4.00. The molecule has 0 atom stereocenters. The minimum absolute atomic E-state index is 0.378. The van der Waals surface area contributed by atoms with Gasteiger partial charge in [-0.05, 0) is 43.0 Å². The van der Waals surface area contributed by atoms with Gasteiger partial charge in [0.2, 0.25) is 5.28 Å². The summed E-state index contributed by atoms with van der Waals surface area (Å²) in [4.78, 5) is 0. The average molecular weight is 268 g/mol. The first kappa shape index (κ1) is 11.1. The molecule has 1 aliphatic carbocycles. The minimum Gasteiger partial charge on any atom is -0.268 e. The fourth-order valence-corrected chi connectivity index (χ4v) is 2.51. The summed E-state index contributed by atoms with van der Waals surface area (Å²) < 4.78 is 1.87. The molecule has 1 aromatic heterocycles. The Hall–Kier alpha value is -1.06. The number of rotatable bonds is 2. The highest BCUT2D eigenvalue weighted by atomic mass is 35.5. The van der Waals surface area contributed by atoms with Crippen molar-refractivity contribution in [3.8, 4) is 5.69 Å². The molecule has 0 N–H and O–H groups in total. The molecular formula is C12H11Cl2N3. The molecule has 0 aliphatic heterocycles. The second-order valence-electron chi connectivity index (χ2n) is 4.34. The number of para-hydroxylation sites is 1. The Bertz CT molecular complexity index is 553. The van der Waals surface area contributed by atoms with Crippen molar-refractivity contribution < 1.29 is 0 Å². The molecule has 0 bridgehead atoms. The normalized spacial score (nSPS) is 15.2. The number of hydrogen-bond donors (Lipinski definition) is 0. The number of nitrogens with zero attached hydrogens (tertiary/aromatic N) is 3. The predicted octanol–water partition coefficient (Wildman–Crippen LogP) is 3.76. The Morgan fingerprint density at radius 1 is 1.24 bits per heavy atom. The largest absolute Gasteiger partial charge is 0.268 e. The summed E-state index contributed by atoms with van der Waals surface area (Å²) in [6, 6.07) is 5.79. The van der Waals surface area contributed by atoms with Crippen LogP contribution in [0.25, 0.3) is 5.69 Å². The molecule has 1 heterocycles. The van der Waals surface area contributed by atoms with Crippen LogP contribution in [0.4, 0.5) is 0 Å². The third-order valence-corrected chi connectivity index (χ3v) is 3.55. The summed E-state index contributed by atoms with van der Waals surface area (Å²) >= 11 is 12.4. The van der Waals surface area contributed by atoms with E-state index in [2.05, 4.69) is 10.2 Å². The molecule has 1 fully saturated rings. The van der Waals surface area contributed by atoms with E-state index in [1.165, 1.54) is 0 Å². The SMILES string of the molecule is Cc1cccc(Cl)c1-n1c(Cl)nnc1C1CC1. The van der Waals surface area contributed by atoms with Crippen molar-refractivity contribution >= 4 is 23.2 Å². The molecule has 5 heteroatoms. The van der Waals surface area contributed by atoms with Gasteiger partial charge in [-0.2, -0.15) is 0 Å². The first-order chi connectivity index (χ1) is 8.18. The first-order valence-electron chi connectivity index (χ1n) is 5.55. The number of benzene rings is 1. The lowest BCUT2D eigenvalue weighted by molar-refractivity contribution is 0.868. The Balaban J connectivity index is 2.24. The van der Waals surface area contributed by atoms with Crippen LogP contribution in [0.2, 0.25) is 10.3 Å². The lowest BCUT2D eigenvalue weighted by Gasteiger charge is -2.12. The third kappa shape index (κ3) is 1.83. The average Bonchev–Trinajstić information content (AvgIpc) is 3.05. The molecule has 17 heavy (non-hydrogen) atoms. The summed E-state index contributed by atoms with van der Waals surface area (Å²) in [5, 5.41) is 9.17. The van der Waals surface area contributed by atoms with E-state index >= 15 is 0 Å². The van der Waals surface area contributed by atoms with Crippen LogP contribution in [-0.2, 0) is 0 Å². The summed E-state index contributed by atoms with van der Waals surface area (Å²) in [7, 11) is 0. The fraction of sp³-hybridized carbons (Fsp3) is 0.333. The topological polar surface area (TPSA) is 30.7 Å². The second-order valence-corrected chi connectivity index (χ2v) is 5.09. The summed E-state index contributed by atoms with van der Waals surface area (Å²) in [6.07, 6.45) is 2.30. The fourth-order valence-electron chi connectivity index (χ4n) is 2.00. The molecule has 1 aliphatic rings. The molecule has 1 saturated carbocycles. The molecule has 88 valence electrons. The maximum Gasteiger partial charge on any atom is 0.229 e. The van der Waals surface area contributed by atoms with Crippen molar-refractivity contribution in [1.82, 2.24) is 14.8 Å². The van der Waals surface area contributed by atoms with Crippen LogP contribution in [0.3, 0.4) is 0 Å². The molecule has 3 nitrogen and oxygen atoms in total. The molecule has 3 rings (SSSR count). The van der Waals surface area contributed by atoms with Gasteiger partial charge in [0.05, 0.1) is 10.7 Å². The van der Waals surface area contributed by atoms with Crippen molar-refractivity contribution in [1.29, 1.82) is 0 Å². The maximum absolute atomic E-state index is 6.25. The van der Waals surface area contributed by atoms with E-state index in [0.29, 0.717) is 16.2 Å². The standard InChI is InChI=1S/C12H11Cl2N3/c1-7-3-2-4-9(13)10(7)17-11(8-5-6-8)15-16-12(17)14/h2-4,8H,5-6H2,1H3. The summed E-state index contributed by atoms with van der Waals surface area (Å²) in [5.41, 5.74) is 1.96. The van der Waals surface area contributed by atoms with E-state index in [4.69, 9.17) is 23.2 Å². The zero-order valence-electron chi connectivity index (χ0n) is 9.32. The number of aryl methyl sites for hydroxylation is 1. The van der Waals surface area contributed by atoms with Crippen LogP contribution in [0.1, 0.15) is 30.1 Å². The van der Waals surface area contributed by atoms with Crippen molar-refractivity contribution in [2.75, 3.05) is 0 Å². The highest BCUT2D eigenvalue weighted by molar-refractivity contribution is 6.33. The van der Waals surface area contributed by atoms with Crippen molar-refractivity contribution in [3.63, 3.8) is 0 Å². The van der Waals surface area contributed by atoms with Crippen LogP contribution in [0.15, 0.2) is 18.2 Å². The number of hydrogen-bond acceptors (Lipinski definition) is 2. The van der Waals surface area contributed by atoms with Gasteiger partial charge in [-0.3, -0.25) is 4.57 Å². The molecule has 0 spiro atoms. The lowest BCUT2D eigenvalue weighted by atomic mass is 10.2. The Morgan fingerprint density at radius 2 is 2.00 bits per heavy atom. The molecule has 2 aromatic rings. The van der Waals surface area contributed by atoms with Gasteiger partial charge in [-0.15, -0.1) is 10.2 Å². The zero-order valence-corrected chi connectivity index (χ0v) is 10.8. The van der Waals surface area contributed by atoms with Crippen molar-refractivity contribution in [2.24, 2.45) is 0 Å². The third-order valence-electron chi connectivity index (χ3n) is 3.00. The van der Waals surface area contributed by atoms with Gasteiger partial charge in [-0.1, -0.05) is 23.7 Å². The van der Waals surface area contributed by atoms with Gasteiger partial charge in [0.1, 0.15) is 5.82 Å². The van der Waals surface area contributed by atoms with Crippen molar-refractivity contribution in [3.05, 3.63) is 39.9 Å². The first-order valence-corrected chi connectivity index (χ1v) is 6.30. The van der Waals surface area contributed by atoms with Gasteiger partial charge in [-0.25, -0.2) is 0 Å². The molecule has 1 aromatic carbocycles. The van der Waals surface area contributed by atoms with Crippen LogP contribution in [0, 0.1) is 6.92 Å². The van der Waals surface area contributed by atoms with Crippen molar-refractivity contribution in [2.45, 2.75) is 25.7 Å². The number of aromatic nitrogens is 3. The van der Waals surface area contributed by atoms with Crippen LogP contribution in [0.5, 0.6) is 0 Å². The molecule has 0 amide bonds. The Morgan fingerprint density at radius 3 is 2.65 bits per heavy atom. The smallest absolute Gasteiger partial charge is 0.229 e. The van der Waals surface area contributed by atoms with Crippen LogP contribution >= 0.6 is 23.2 Å². The summed E-state index contributed by atoms with van der Waals surface area (Å²) in [6.45, 7) is 2.01. The number of halogens is 2. The Labute approximate surface area is 109 Å². The van der Waals surface area contributed by atoms with Crippen LogP contribution < -0.4 is 0 Å². The van der Waals surface area contributed by atoms with Gasteiger partial charge in [0.25, 0.3) is 0 Å². The molecule has 0 radical (unpaired) electrons. The minimum atomic E-state index is 0.378. The molecule has 0 unspecified atom stereocenters.